The molecule has 0 bridgehead atoms. The lowest BCUT2D eigenvalue weighted by Gasteiger charge is -1.98. The summed E-state index contributed by atoms with van der Waals surface area (Å²) in [6.45, 7) is 1.55. The minimum Gasteiger partial charge on any atom is -0.472 e. The normalized spacial score (nSPS) is 10.5. The molecule has 2 heterocycles. The van der Waals surface area contributed by atoms with Gasteiger partial charge in [-0.1, -0.05) is 0 Å². The van der Waals surface area contributed by atoms with E-state index in [-0.39, 0.29) is 0 Å². The molecule has 13 heavy (non-hydrogen) atoms. The van der Waals surface area contributed by atoms with Gasteiger partial charge in [0.15, 0.2) is 0 Å². The smallest absolute Gasteiger partial charge is 0.120 e. The molecule has 2 rings (SSSR count). The van der Waals surface area contributed by atoms with Crippen LogP contribution in [0.4, 0.5) is 0 Å². The Labute approximate surface area is 76.0 Å². The van der Waals surface area contributed by atoms with Gasteiger partial charge in [0.25, 0.3) is 0 Å². The Morgan fingerprint density at radius 2 is 2.46 bits per heavy atom. The Morgan fingerprint density at radius 1 is 1.46 bits per heavy atom. The summed E-state index contributed by atoms with van der Waals surface area (Å²) in [6.07, 6.45) is 6.96. The van der Waals surface area contributed by atoms with E-state index in [1.165, 1.54) is 0 Å². The van der Waals surface area contributed by atoms with E-state index in [9.17, 15) is 0 Å². The van der Waals surface area contributed by atoms with Gasteiger partial charge in [-0.2, -0.15) is 0 Å². The number of aromatic amines is 1. The summed E-state index contributed by atoms with van der Waals surface area (Å²) in [5.41, 5.74) is 1.14. The van der Waals surface area contributed by atoms with Crippen LogP contribution in [-0.4, -0.2) is 9.97 Å². The van der Waals surface area contributed by atoms with E-state index < -0.39 is 0 Å². The van der Waals surface area contributed by atoms with E-state index in [1.807, 2.05) is 12.3 Å². The Kier molecular flexibility index (Phi) is 2.43. The molecule has 0 unspecified atom stereocenters. The van der Waals surface area contributed by atoms with Crippen molar-refractivity contribution >= 4 is 0 Å². The van der Waals surface area contributed by atoms with Crippen molar-refractivity contribution in [1.29, 1.82) is 0 Å². The van der Waals surface area contributed by atoms with Gasteiger partial charge in [-0.3, -0.25) is 0 Å². The van der Waals surface area contributed by atoms with Crippen molar-refractivity contribution in [1.82, 2.24) is 15.3 Å². The minimum absolute atomic E-state index is 0.748. The molecule has 0 radical (unpaired) electrons. The molecule has 68 valence electrons. The molecule has 0 aliphatic carbocycles. The highest BCUT2D eigenvalue weighted by Crippen LogP contribution is 1.98. The number of hydrogen-bond donors (Lipinski definition) is 2. The van der Waals surface area contributed by atoms with Crippen molar-refractivity contribution in [2.45, 2.75) is 13.1 Å². The summed E-state index contributed by atoms with van der Waals surface area (Å²) in [6, 6.07) is 1.94. The molecule has 0 saturated heterocycles. The van der Waals surface area contributed by atoms with Crippen LogP contribution in [-0.2, 0) is 13.1 Å². The van der Waals surface area contributed by atoms with Crippen LogP contribution in [0.5, 0.6) is 0 Å². The molecule has 4 nitrogen and oxygen atoms in total. The molecule has 4 heteroatoms. The number of nitrogens with one attached hydrogen (secondary N) is 2. The molecular weight excluding hydrogens is 166 g/mol. The van der Waals surface area contributed by atoms with E-state index in [4.69, 9.17) is 4.42 Å². The molecule has 0 aromatic carbocycles. The average Bonchev–Trinajstić information content (AvgIpc) is 2.75. The zero-order valence-corrected chi connectivity index (χ0v) is 7.16. The lowest BCUT2D eigenvalue weighted by atomic mass is 10.3. The molecule has 0 amide bonds. The third-order valence-corrected chi connectivity index (χ3v) is 1.76. The summed E-state index contributed by atoms with van der Waals surface area (Å²) in [5, 5.41) is 3.24. The first-order valence-corrected chi connectivity index (χ1v) is 4.15. The Hall–Kier alpha value is -1.55. The SMILES string of the molecule is c1c[nH]c(CNCc2ccoc2)n1. The Balaban J connectivity index is 1.76. The Morgan fingerprint density at radius 3 is 3.15 bits per heavy atom. The molecule has 0 spiro atoms. The third kappa shape index (κ3) is 2.19. The quantitative estimate of drug-likeness (QED) is 0.740. The van der Waals surface area contributed by atoms with Crippen molar-refractivity contribution in [2.75, 3.05) is 0 Å². The summed E-state index contributed by atoms with van der Waals surface area (Å²) in [7, 11) is 0. The van der Waals surface area contributed by atoms with E-state index >= 15 is 0 Å². The maximum Gasteiger partial charge on any atom is 0.120 e. The van der Waals surface area contributed by atoms with E-state index in [0.717, 1.165) is 24.5 Å². The van der Waals surface area contributed by atoms with Crippen LogP contribution >= 0.6 is 0 Å². The van der Waals surface area contributed by atoms with Gasteiger partial charge < -0.3 is 14.7 Å². The second-order valence-corrected chi connectivity index (χ2v) is 2.77. The maximum absolute atomic E-state index is 4.94. The van der Waals surface area contributed by atoms with Gasteiger partial charge in [-0.25, -0.2) is 4.98 Å². The number of H-pyrrole nitrogens is 1. The van der Waals surface area contributed by atoms with Gasteiger partial charge in [-0.15, -0.1) is 0 Å². The topological polar surface area (TPSA) is 53.9 Å². The first-order chi connectivity index (χ1) is 6.45. The second kappa shape index (κ2) is 3.91. The van der Waals surface area contributed by atoms with Crippen LogP contribution in [0.25, 0.3) is 0 Å². The van der Waals surface area contributed by atoms with Crippen LogP contribution in [0.1, 0.15) is 11.4 Å². The highest BCUT2D eigenvalue weighted by Gasteiger charge is 1.95. The van der Waals surface area contributed by atoms with E-state index in [2.05, 4.69) is 15.3 Å². The molecule has 0 aliphatic rings. The highest BCUT2D eigenvalue weighted by atomic mass is 16.3. The van der Waals surface area contributed by atoms with Crippen molar-refractivity contribution < 1.29 is 4.42 Å². The van der Waals surface area contributed by atoms with Gasteiger partial charge in [0.2, 0.25) is 0 Å². The van der Waals surface area contributed by atoms with Crippen LogP contribution in [0.15, 0.2) is 35.4 Å². The molecule has 2 N–H and O–H groups in total. The summed E-state index contributed by atoms with van der Waals surface area (Å²) in [4.78, 5) is 7.11. The van der Waals surface area contributed by atoms with Crippen LogP contribution in [0.3, 0.4) is 0 Å². The third-order valence-electron chi connectivity index (χ3n) is 1.76. The standard InChI is InChI=1S/C9H11N3O/c1-4-13-7-8(1)5-10-6-9-11-2-3-12-9/h1-4,7,10H,5-6H2,(H,11,12). The number of nitrogens with zero attached hydrogens (tertiary/aromatic N) is 1. The fourth-order valence-corrected chi connectivity index (χ4v) is 1.11. The second-order valence-electron chi connectivity index (χ2n) is 2.77. The zero-order valence-electron chi connectivity index (χ0n) is 7.16. The van der Waals surface area contributed by atoms with Gasteiger partial charge in [0, 0.05) is 24.5 Å². The van der Waals surface area contributed by atoms with Crippen molar-refractivity contribution in [3.8, 4) is 0 Å². The van der Waals surface area contributed by atoms with E-state index in [0.29, 0.717) is 0 Å². The van der Waals surface area contributed by atoms with Crippen molar-refractivity contribution in [2.24, 2.45) is 0 Å². The lowest BCUT2D eigenvalue weighted by molar-refractivity contribution is 0.559. The predicted molar refractivity (Wildman–Crippen MR) is 47.8 cm³/mol. The molecule has 0 aliphatic heterocycles. The number of hydrogen-bond acceptors (Lipinski definition) is 3. The average molecular weight is 177 g/mol. The zero-order chi connectivity index (χ0) is 8.93. The predicted octanol–water partition coefficient (Wildman–Crippen LogP) is 1.29. The number of furan rings is 1. The fraction of sp³-hybridized carbons (Fsp3) is 0.222. The molecule has 2 aromatic rings. The van der Waals surface area contributed by atoms with Crippen molar-refractivity contribution in [3.63, 3.8) is 0 Å². The first kappa shape index (κ1) is 8.07. The molecule has 0 fully saturated rings. The van der Waals surface area contributed by atoms with Gasteiger partial charge in [0.1, 0.15) is 5.82 Å². The number of aromatic nitrogens is 2. The Bertz CT molecular complexity index is 291. The first-order valence-electron chi connectivity index (χ1n) is 4.15. The monoisotopic (exact) mass is 177 g/mol. The maximum atomic E-state index is 4.94. The van der Waals surface area contributed by atoms with Crippen LogP contribution in [0, 0.1) is 0 Å². The summed E-state index contributed by atoms with van der Waals surface area (Å²) in [5.74, 6) is 0.948. The molecule has 2 aromatic heterocycles. The minimum atomic E-state index is 0.748. The summed E-state index contributed by atoms with van der Waals surface area (Å²) >= 11 is 0. The number of rotatable bonds is 4. The largest absolute Gasteiger partial charge is 0.472 e. The van der Waals surface area contributed by atoms with Crippen LogP contribution in [0.2, 0.25) is 0 Å². The molecular formula is C9H11N3O. The van der Waals surface area contributed by atoms with Gasteiger partial charge in [-0.05, 0) is 6.07 Å². The number of imidazole rings is 1. The highest BCUT2D eigenvalue weighted by molar-refractivity contribution is 5.04. The molecule has 0 atom stereocenters. The summed E-state index contributed by atoms with van der Waals surface area (Å²) < 4.78 is 4.94. The van der Waals surface area contributed by atoms with Crippen LogP contribution < -0.4 is 5.32 Å². The van der Waals surface area contributed by atoms with E-state index in [1.54, 1.807) is 18.7 Å². The van der Waals surface area contributed by atoms with Gasteiger partial charge >= 0.3 is 0 Å². The van der Waals surface area contributed by atoms with Gasteiger partial charge in [0.05, 0.1) is 19.1 Å². The lowest BCUT2D eigenvalue weighted by Crippen LogP contribution is -2.12. The molecule has 0 saturated carbocycles. The van der Waals surface area contributed by atoms with Crippen molar-refractivity contribution in [3.05, 3.63) is 42.4 Å². The fourth-order valence-electron chi connectivity index (χ4n) is 1.11.